The van der Waals surface area contributed by atoms with Gasteiger partial charge in [-0.2, -0.15) is 0 Å². The molecule has 5 rings (SSSR count). The van der Waals surface area contributed by atoms with E-state index >= 15 is 0 Å². The summed E-state index contributed by atoms with van der Waals surface area (Å²) >= 11 is 12.7. The lowest BCUT2D eigenvalue weighted by atomic mass is 10.1. The number of nitrogens with zero attached hydrogens (tertiary/aromatic N) is 3. The van der Waals surface area contributed by atoms with Crippen molar-refractivity contribution in [1.82, 2.24) is 13.7 Å². The number of rotatable bonds is 2. The molecule has 3 aromatic carbocycles. The Balaban J connectivity index is 2.04. The molecule has 160 valence electrons. The lowest BCUT2D eigenvalue weighted by molar-refractivity contribution is 0.714. The number of fused-ring (bicyclic) bond motifs is 2. The summed E-state index contributed by atoms with van der Waals surface area (Å²) in [5, 5.41) is 3.04. The smallest absolute Gasteiger partial charge is 0.330 e. The summed E-state index contributed by atoms with van der Waals surface area (Å²) in [4.78, 5) is 25.9. The zero-order valence-electron chi connectivity index (χ0n) is 17.3. The van der Waals surface area contributed by atoms with E-state index in [1.54, 1.807) is 31.4 Å². The monoisotopic (exact) mass is 464 g/mol. The van der Waals surface area contributed by atoms with Crippen molar-refractivity contribution < 1.29 is 0 Å². The predicted octanol–water partition coefficient (Wildman–Crippen LogP) is 4.74. The lowest BCUT2D eigenvalue weighted by Gasteiger charge is -2.15. The molecule has 2 N–H and O–H groups in total. The normalized spacial score (nSPS) is 11.5. The van der Waals surface area contributed by atoms with Crippen LogP contribution in [0.15, 0.2) is 70.4 Å². The third-order valence-electron chi connectivity index (χ3n) is 5.80. The summed E-state index contributed by atoms with van der Waals surface area (Å²) in [6.07, 6.45) is 1.78. The molecule has 0 spiro atoms. The van der Waals surface area contributed by atoms with Crippen LogP contribution in [0.1, 0.15) is 0 Å². The first kappa shape index (κ1) is 20.4. The molecule has 0 aliphatic rings. The van der Waals surface area contributed by atoms with E-state index in [1.165, 1.54) is 11.6 Å². The van der Waals surface area contributed by atoms with E-state index in [0.29, 0.717) is 37.9 Å². The van der Waals surface area contributed by atoms with Crippen molar-refractivity contribution in [3.63, 3.8) is 0 Å². The van der Waals surface area contributed by atoms with Gasteiger partial charge in [0.1, 0.15) is 0 Å². The van der Waals surface area contributed by atoms with E-state index in [9.17, 15) is 9.59 Å². The van der Waals surface area contributed by atoms with Crippen LogP contribution in [0.3, 0.4) is 0 Å². The molecule has 0 radical (unpaired) electrons. The minimum absolute atomic E-state index is 0.380. The fourth-order valence-corrected chi connectivity index (χ4v) is 4.73. The Morgan fingerprint density at radius 2 is 1.59 bits per heavy atom. The number of halogens is 2. The minimum Gasteiger partial charge on any atom is -0.398 e. The number of benzene rings is 3. The molecule has 0 fully saturated rings. The molecule has 0 saturated heterocycles. The van der Waals surface area contributed by atoms with Crippen molar-refractivity contribution in [2.24, 2.45) is 14.1 Å². The number of aryl methyl sites for hydroxylation is 1. The summed E-state index contributed by atoms with van der Waals surface area (Å²) in [6, 6.07) is 16.6. The average molecular weight is 465 g/mol. The van der Waals surface area contributed by atoms with Gasteiger partial charge in [-0.05, 0) is 35.7 Å². The molecule has 0 bridgehead atoms. The summed E-state index contributed by atoms with van der Waals surface area (Å²) in [5.74, 6) is 0. The van der Waals surface area contributed by atoms with E-state index in [2.05, 4.69) is 0 Å². The highest BCUT2D eigenvalue weighted by Crippen LogP contribution is 2.38. The van der Waals surface area contributed by atoms with Gasteiger partial charge in [-0.3, -0.25) is 13.9 Å². The summed E-state index contributed by atoms with van der Waals surface area (Å²) in [6.45, 7) is 0. The highest BCUT2D eigenvalue weighted by Gasteiger charge is 2.23. The van der Waals surface area contributed by atoms with Crippen molar-refractivity contribution in [1.29, 1.82) is 0 Å². The average Bonchev–Trinajstić information content (AvgIpc) is 3.16. The molecule has 2 aromatic heterocycles. The third kappa shape index (κ3) is 2.87. The third-order valence-corrected chi connectivity index (χ3v) is 6.35. The molecule has 5 aromatic rings. The zero-order chi connectivity index (χ0) is 22.7. The molecule has 0 saturated carbocycles. The van der Waals surface area contributed by atoms with Gasteiger partial charge in [0, 0.05) is 42.0 Å². The Kier molecular flexibility index (Phi) is 4.65. The lowest BCUT2D eigenvalue weighted by Crippen LogP contribution is -2.36. The molecule has 0 amide bonds. The van der Waals surface area contributed by atoms with Gasteiger partial charge in [-0.1, -0.05) is 47.5 Å². The van der Waals surface area contributed by atoms with Gasteiger partial charge in [-0.25, -0.2) is 4.79 Å². The van der Waals surface area contributed by atoms with Gasteiger partial charge in [0.05, 0.1) is 27.3 Å². The van der Waals surface area contributed by atoms with Gasteiger partial charge >= 0.3 is 5.69 Å². The first-order chi connectivity index (χ1) is 15.3. The van der Waals surface area contributed by atoms with Gasteiger partial charge in [-0.15, -0.1) is 0 Å². The van der Waals surface area contributed by atoms with Crippen molar-refractivity contribution in [2.75, 3.05) is 5.73 Å². The Labute approximate surface area is 192 Å². The van der Waals surface area contributed by atoms with Crippen LogP contribution < -0.4 is 17.0 Å². The first-order valence-corrected chi connectivity index (χ1v) is 10.6. The van der Waals surface area contributed by atoms with Gasteiger partial charge in [0.25, 0.3) is 5.56 Å². The molecule has 8 heteroatoms. The van der Waals surface area contributed by atoms with Crippen molar-refractivity contribution in [3.8, 4) is 16.9 Å². The molecule has 0 atom stereocenters. The Morgan fingerprint density at radius 1 is 0.875 bits per heavy atom. The summed E-state index contributed by atoms with van der Waals surface area (Å²) in [7, 11) is 3.10. The fraction of sp³-hybridized carbons (Fsp3) is 0.0833. The van der Waals surface area contributed by atoms with Crippen LogP contribution in [0.2, 0.25) is 10.0 Å². The molecule has 0 aliphatic carbocycles. The van der Waals surface area contributed by atoms with Crippen molar-refractivity contribution in [2.45, 2.75) is 0 Å². The molecule has 2 heterocycles. The Hall–Kier alpha value is -3.48. The number of anilines is 1. The number of hydrogen-bond acceptors (Lipinski definition) is 3. The zero-order valence-corrected chi connectivity index (χ0v) is 18.8. The van der Waals surface area contributed by atoms with Crippen molar-refractivity contribution >= 4 is 50.6 Å². The maximum Gasteiger partial charge on any atom is 0.330 e. The SMILES string of the molecule is Cn1c(=O)c2c(-c3ccc(Cl)cc3Cl)n(-c3cccc4cccc(N)c34)cc2n(C)c1=O. The Morgan fingerprint density at radius 3 is 2.31 bits per heavy atom. The van der Waals surface area contributed by atoms with Crippen LogP contribution in [0, 0.1) is 0 Å². The minimum atomic E-state index is -0.411. The summed E-state index contributed by atoms with van der Waals surface area (Å²) < 4.78 is 4.42. The molecular weight excluding hydrogens is 447 g/mol. The molecule has 32 heavy (non-hydrogen) atoms. The van der Waals surface area contributed by atoms with E-state index in [4.69, 9.17) is 28.9 Å². The van der Waals surface area contributed by atoms with E-state index < -0.39 is 11.2 Å². The van der Waals surface area contributed by atoms with Crippen molar-refractivity contribution in [3.05, 3.63) is 91.7 Å². The highest BCUT2D eigenvalue weighted by atomic mass is 35.5. The van der Waals surface area contributed by atoms with Gasteiger partial charge in [0.15, 0.2) is 0 Å². The van der Waals surface area contributed by atoms with E-state index in [1.807, 2.05) is 41.0 Å². The quantitative estimate of drug-likeness (QED) is 0.383. The van der Waals surface area contributed by atoms with Crippen LogP contribution in [-0.4, -0.2) is 13.7 Å². The second-order valence-electron chi connectivity index (χ2n) is 7.66. The molecule has 0 aliphatic heterocycles. The number of hydrogen-bond donors (Lipinski definition) is 1. The Bertz CT molecular complexity index is 1670. The summed E-state index contributed by atoms with van der Waals surface area (Å²) in [5.41, 5.74) is 8.59. The van der Waals surface area contributed by atoms with Crippen LogP contribution in [0.4, 0.5) is 5.69 Å². The number of nitrogens with two attached hydrogens (primary N) is 1. The topological polar surface area (TPSA) is 75.0 Å². The van der Waals surface area contributed by atoms with Gasteiger partial charge in [0.2, 0.25) is 0 Å². The second-order valence-corrected chi connectivity index (χ2v) is 8.50. The highest BCUT2D eigenvalue weighted by molar-refractivity contribution is 6.36. The van der Waals surface area contributed by atoms with E-state index in [-0.39, 0.29) is 0 Å². The van der Waals surface area contributed by atoms with Crippen LogP contribution in [0.5, 0.6) is 0 Å². The second kappa shape index (κ2) is 7.29. The number of nitrogen functional groups attached to an aromatic ring is 1. The molecule has 6 nitrogen and oxygen atoms in total. The number of aromatic nitrogens is 3. The molecular formula is C24H18Cl2N4O2. The van der Waals surface area contributed by atoms with E-state index in [0.717, 1.165) is 21.0 Å². The molecule has 0 unspecified atom stereocenters. The predicted molar refractivity (Wildman–Crippen MR) is 131 cm³/mol. The van der Waals surface area contributed by atoms with Crippen LogP contribution >= 0.6 is 23.2 Å². The standard InChI is InChI=1S/C24H18Cl2N4O2/c1-28-19-12-30(18-8-4-6-13-5-3-7-17(27)20(13)18)22(15-10-9-14(25)11-16(15)26)21(19)23(31)29(2)24(28)32/h3-12H,27H2,1-2H3. The fourth-order valence-electron chi connectivity index (χ4n) is 4.23. The maximum atomic E-state index is 13.3. The van der Waals surface area contributed by atoms with Crippen LogP contribution in [-0.2, 0) is 14.1 Å². The largest absolute Gasteiger partial charge is 0.398 e. The van der Waals surface area contributed by atoms with Gasteiger partial charge < -0.3 is 10.3 Å². The maximum absolute atomic E-state index is 13.3. The first-order valence-electron chi connectivity index (χ1n) is 9.83. The van der Waals surface area contributed by atoms with Crippen LogP contribution in [0.25, 0.3) is 38.6 Å².